The van der Waals surface area contributed by atoms with Crippen molar-refractivity contribution >= 4 is 38.9 Å². The van der Waals surface area contributed by atoms with Gasteiger partial charge in [0.25, 0.3) is 0 Å². The van der Waals surface area contributed by atoms with Crippen molar-refractivity contribution < 1.29 is 9.47 Å². The van der Waals surface area contributed by atoms with Gasteiger partial charge in [-0.05, 0) is 65.0 Å². The number of para-hydroxylation sites is 1. The standard InChI is InChI=1S/C28H33N5O2S/c1-18(2)35-25-15-20(30-19-11-13-33(3)14-12-19)9-10-23(25)31-28-29-16-26-27(32-28)22(17-36-26)21-7-5-6-8-24(21)34-4/h5-10,15-19,30H,11-14H2,1-4H3,(H,29,31,32). The van der Waals surface area contributed by atoms with E-state index in [0.29, 0.717) is 12.0 Å². The Balaban J connectivity index is 1.42. The summed E-state index contributed by atoms with van der Waals surface area (Å²) in [6.45, 7) is 6.31. The molecule has 0 unspecified atom stereocenters. The molecule has 36 heavy (non-hydrogen) atoms. The van der Waals surface area contributed by atoms with Crippen LogP contribution in [0.15, 0.2) is 54.0 Å². The molecule has 5 rings (SSSR count). The van der Waals surface area contributed by atoms with Crippen LogP contribution in [0.2, 0.25) is 0 Å². The number of hydrogen-bond acceptors (Lipinski definition) is 8. The first-order valence-electron chi connectivity index (χ1n) is 12.4. The monoisotopic (exact) mass is 503 g/mol. The van der Waals surface area contributed by atoms with Crippen molar-refractivity contribution in [3.63, 3.8) is 0 Å². The van der Waals surface area contributed by atoms with Gasteiger partial charge >= 0.3 is 0 Å². The van der Waals surface area contributed by atoms with E-state index in [9.17, 15) is 0 Å². The summed E-state index contributed by atoms with van der Waals surface area (Å²) >= 11 is 1.63. The predicted octanol–water partition coefficient (Wildman–Crippen LogP) is 6.40. The van der Waals surface area contributed by atoms with Crippen molar-refractivity contribution in [2.75, 3.05) is 37.9 Å². The Bertz CT molecular complexity index is 1330. The van der Waals surface area contributed by atoms with Crippen molar-refractivity contribution in [3.8, 4) is 22.6 Å². The molecule has 4 aromatic rings. The number of ether oxygens (including phenoxy) is 2. The van der Waals surface area contributed by atoms with Crippen LogP contribution >= 0.6 is 11.3 Å². The summed E-state index contributed by atoms with van der Waals surface area (Å²) in [4.78, 5) is 11.8. The van der Waals surface area contributed by atoms with Gasteiger partial charge in [0.15, 0.2) is 0 Å². The molecule has 2 aromatic heterocycles. The van der Waals surface area contributed by atoms with Gasteiger partial charge in [0.05, 0.1) is 35.3 Å². The Hall–Kier alpha value is -3.36. The SMILES string of the molecule is COc1ccccc1-c1csc2cnc(Nc3ccc(NC4CCN(C)CC4)cc3OC(C)C)nc12. The minimum Gasteiger partial charge on any atom is -0.496 e. The zero-order valence-corrected chi connectivity index (χ0v) is 22.1. The van der Waals surface area contributed by atoms with Crippen LogP contribution in [0.25, 0.3) is 21.3 Å². The fraction of sp³-hybridized carbons (Fsp3) is 0.357. The van der Waals surface area contributed by atoms with E-state index in [-0.39, 0.29) is 6.10 Å². The number of fused-ring (bicyclic) bond motifs is 1. The lowest BCUT2D eigenvalue weighted by Crippen LogP contribution is -2.36. The molecule has 1 aliphatic rings. The van der Waals surface area contributed by atoms with Gasteiger partial charge in [-0.3, -0.25) is 0 Å². The van der Waals surface area contributed by atoms with Crippen LogP contribution in [0.5, 0.6) is 11.5 Å². The number of benzene rings is 2. The van der Waals surface area contributed by atoms with Crippen LogP contribution in [0.1, 0.15) is 26.7 Å². The van der Waals surface area contributed by atoms with Crippen LogP contribution in [0.4, 0.5) is 17.3 Å². The van der Waals surface area contributed by atoms with Gasteiger partial charge < -0.3 is 25.0 Å². The third-order valence-corrected chi connectivity index (χ3v) is 7.30. The van der Waals surface area contributed by atoms with Gasteiger partial charge in [0.1, 0.15) is 11.5 Å². The van der Waals surface area contributed by atoms with Gasteiger partial charge in [-0.25, -0.2) is 9.97 Å². The number of aromatic nitrogens is 2. The van der Waals surface area contributed by atoms with Gasteiger partial charge in [-0.1, -0.05) is 18.2 Å². The molecule has 2 aromatic carbocycles. The fourth-order valence-corrected chi connectivity index (χ4v) is 5.39. The molecule has 2 N–H and O–H groups in total. The Kier molecular flexibility index (Phi) is 7.25. The van der Waals surface area contributed by atoms with Crippen molar-refractivity contribution in [3.05, 3.63) is 54.0 Å². The second kappa shape index (κ2) is 10.7. The zero-order valence-electron chi connectivity index (χ0n) is 21.2. The van der Waals surface area contributed by atoms with E-state index >= 15 is 0 Å². The van der Waals surface area contributed by atoms with Gasteiger partial charge in [-0.2, -0.15) is 0 Å². The van der Waals surface area contributed by atoms with E-state index in [1.807, 2.05) is 44.3 Å². The number of likely N-dealkylation sites (tertiary alicyclic amines) is 1. The summed E-state index contributed by atoms with van der Waals surface area (Å²) in [5.41, 5.74) is 4.86. The molecule has 0 atom stereocenters. The summed E-state index contributed by atoms with van der Waals surface area (Å²) in [5, 5.41) is 9.19. The number of piperidine rings is 1. The van der Waals surface area contributed by atoms with E-state index in [1.165, 1.54) is 0 Å². The normalized spacial score (nSPS) is 14.8. The third kappa shape index (κ3) is 5.39. The minimum absolute atomic E-state index is 0.0431. The molecule has 0 saturated carbocycles. The summed E-state index contributed by atoms with van der Waals surface area (Å²) in [6.07, 6.45) is 4.19. The number of nitrogens with one attached hydrogen (secondary N) is 2. The van der Waals surface area contributed by atoms with Crippen LogP contribution in [0.3, 0.4) is 0 Å². The Morgan fingerprint density at radius 2 is 1.86 bits per heavy atom. The predicted molar refractivity (Wildman–Crippen MR) is 149 cm³/mol. The summed E-state index contributed by atoms with van der Waals surface area (Å²) in [5.74, 6) is 2.13. The van der Waals surface area contributed by atoms with Crippen molar-refractivity contribution in [2.24, 2.45) is 0 Å². The average Bonchev–Trinajstić information content (AvgIpc) is 3.30. The molecular weight excluding hydrogens is 470 g/mol. The van der Waals surface area contributed by atoms with Crippen LogP contribution in [-0.4, -0.2) is 54.3 Å². The molecule has 0 radical (unpaired) electrons. The first-order chi connectivity index (χ1) is 17.5. The van der Waals surface area contributed by atoms with E-state index in [4.69, 9.17) is 14.5 Å². The summed E-state index contributed by atoms with van der Waals surface area (Å²) in [7, 11) is 3.87. The third-order valence-electron chi connectivity index (χ3n) is 6.39. The highest BCUT2D eigenvalue weighted by molar-refractivity contribution is 7.17. The molecule has 0 spiro atoms. The molecular formula is C28H33N5O2S. The van der Waals surface area contributed by atoms with Crippen molar-refractivity contribution in [1.29, 1.82) is 0 Å². The quantitative estimate of drug-likeness (QED) is 0.288. The first kappa shape index (κ1) is 24.3. The lowest BCUT2D eigenvalue weighted by atomic mass is 10.1. The number of anilines is 3. The maximum absolute atomic E-state index is 6.18. The second-order valence-corrected chi connectivity index (χ2v) is 10.4. The summed E-state index contributed by atoms with van der Waals surface area (Å²) in [6, 6.07) is 14.7. The summed E-state index contributed by atoms with van der Waals surface area (Å²) < 4.78 is 12.8. The maximum Gasteiger partial charge on any atom is 0.227 e. The number of hydrogen-bond donors (Lipinski definition) is 2. The highest BCUT2D eigenvalue weighted by Gasteiger charge is 2.18. The molecule has 7 nitrogen and oxygen atoms in total. The topological polar surface area (TPSA) is 71.5 Å². The number of nitrogens with zero attached hydrogens (tertiary/aromatic N) is 3. The molecule has 1 aliphatic heterocycles. The number of thiophene rings is 1. The Labute approximate surface area is 216 Å². The highest BCUT2D eigenvalue weighted by atomic mass is 32.1. The maximum atomic E-state index is 6.18. The van der Waals surface area contributed by atoms with Crippen LogP contribution in [-0.2, 0) is 0 Å². The number of methoxy groups -OCH3 is 1. The molecule has 0 aliphatic carbocycles. The molecule has 3 heterocycles. The van der Waals surface area contributed by atoms with E-state index in [2.05, 4.69) is 51.1 Å². The van der Waals surface area contributed by atoms with E-state index < -0.39 is 0 Å². The number of rotatable bonds is 8. The molecule has 0 bridgehead atoms. The lowest BCUT2D eigenvalue weighted by Gasteiger charge is -2.30. The average molecular weight is 504 g/mol. The minimum atomic E-state index is 0.0431. The van der Waals surface area contributed by atoms with Crippen LogP contribution in [0, 0.1) is 0 Å². The Morgan fingerprint density at radius 3 is 2.64 bits per heavy atom. The zero-order chi connectivity index (χ0) is 25.1. The fourth-order valence-electron chi connectivity index (χ4n) is 4.52. The molecule has 1 fully saturated rings. The second-order valence-electron chi connectivity index (χ2n) is 9.48. The van der Waals surface area contributed by atoms with Gasteiger partial charge in [-0.15, -0.1) is 11.3 Å². The van der Waals surface area contributed by atoms with E-state index in [1.54, 1.807) is 18.4 Å². The molecule has 0 amide bonds. The molecule has 8 heteroatoms. The van der Waals surface area contributed by atoms with Crippen LogP contribution < -0.4 is 20.1 Å². The Morgan fingerprint density at radius 1 is 1.06 bits per heavy atom. The van der Waals surface area contributed by atoms with Crippen molar-refractivity contribution in [1.82, 2.24) is 14.9 Å². The highest BCUT2D eigenvalue weighted by Crippen LogP contribution is 2.38. The van der Waals surface area contributed by atoms with Gasteiger partial charge in [0, 0.05) is 34.3 Å². The van der Waals surface area contributed by atoms with Crippen molar-refractivity contribution in [2.45, 2.75) is 38.8 Å². The smallest absolute Gasteiger partial charge is 0.227 e. The largest absolute Gasteiger partial charge is 0.496 e. The van der Waals surface area contributed by atoms with E-state index in [0.717, 1.165) is 70.1 Å². The molecule has 188 valence electrons. The molecule has 1 saturated heterocycles. The van der Waals surface area contributed by atoms with Gasteiger partial charge in [0.2, 0.25) is 5.95 Å². The first-order valence-corrected chi connectivity index (χ1v) is 13.3. The lowest BCUT2D eigenvalue weighted by molar-refractivity contribution is 0.243.